The molecule has 21 heavy (non-hydrogen) atoms. The van der Waals surface area contributed by atoms with Crippen LogP contribution in [0, 0.1) is 0 Å². The van der Waals surface area contributed by atoms with Gasteiger partial charge < -0.3 is 10.2 Å². The van der Waals surface area contributed by atoms with Crippen LogP contribution in [0.2, 0.25) is 0 Å². The van der Waals surface area contributed by atoms with E-state index < -0.39 is 5.97 Å². The van der Waals surface area contributed by atoms with Crippen molar-refractivity contribution in [2.75, 3.05) is 0 Å². The number of carbonyl (C=O) groups is 1. The van der Waals surface area contributed by atoms with Gasteiger partial charge in [0.15, 0.2) is 5.69 Å². The molecule has 0 fully saturated rings. The minimum atomic E-state index is -1.06. The predicted octanol–water partition coefficient (Wildman–Crippen LogP) is 3.88. The molecule has 104 valence electrons. The van der Waals surface area contributed by atoms with Gasteiger partial charge in [-0.1, -0.05) is 42.5 Å². The van der Waals surface area contributed by atoms with Crippen molar-refractivity contribution in [2.24, 2.45) is 0 Å². The second-order valence-electron chi connectivity index (χ2n) is 4.42. The lowest BCUT2D eigenvalue weighted by molar-refractivity contribution is 0.0692. The summed E-state index contributed by atoms with van der Waals surface area (Å²) in [5.41, 5.74) is 1.55. The van der Waals surface area contributed by atoms with Gasteiger partial charge in [0, 0.05) is 5.56 Å². The molecule has 4 nitrogen and oxygen atoms in total. The van der Waals surface area contributed by atoms with Gasteiger partial charge in [-0.2, -0.15) is 0 Å². The zero-order valence-corrected chi connectivity index (χ0v) is 11.7. The van der Waals surface area contributed by atoms with Crippen molar-refractivity contribution >= 4 is 17.3 Å². The summed E-state index contributed by atoms with van der Waals surface area (Å²) in [5, 5.41) is 19.4. The number of aromatic nitrogens is 1. The van der Waals surface area contributed by atoms with Crippen LogP contribution in [-0.4, -0.2) is 21.2 Å². The SMILES string of the molecule is O=C(O)c1nc(-c2cccc(O)c2)sc1-c1ccccc1. The summed E-state index contributed by atoms with van der Waals surface area (Å²) in [4.78, 5) is 16.2. The van der Waals surface area contributed by atoms with Gasteiger partial charge in [-0.15, -0.1) is 11.3 Å². The van der Waals surface area contributed by atoms with Gasteiger partial charge >= 0.3 is 5.97 Å². The average Bonchev–Trinajstić information content (AvgIpc) is 2.93. The van der Waals surface area contributed by atoms with Gasteiger partial charge in [0.25, 0.3) is 0 Å². The Morgan fingerprint density at radius 2 is 1.71 bits per heavy atom. The Balaban J connectivity index is 2.15. The van der Waals surface area contributed by atoms with Gasteiger partial charge in [-0.3, -0.25) is 0 Å². The van der Waals surface area contributed by atoms with Gasteiger partial charge in [0.05, 0.1) is 4.88 Å². The first-order valence-corrected chi connectivity index (χ1v) is 7.06. The monoisotopic (exact) mass is 297 g/mol. The van der Waals surface area contributed by atoms with Crippen molar-refractivity contribution in [1.29, 1.82) is 0 Å². The minimum Gasteiger partial charge on any atom is -0.508 e. The summed E-state index contributed by atoms with van der Waals surface area (Å²) in [7, 11) is 0. The summed E-state index contributed by atoms with van der Waals surface area (Å²) in [6.07, 6.45) is 0. The van der Waals surface area contributed by atoms with Crippen molar-refractivity contribution in [3.63, 3.8) is 0 Å². The highest BCUT2D eigenvalue weighted by atomic mass is 32.1. The Hall–Kier alpha value is -2.66. The molecular weight excluding hydrogens is 286 g/mol. The standard InChI is InChI=1S/C16H11NO3S/c18-12-8-4-7-11(9-12)15-17-13(16(19)20)14(21-15)10-5-2-1-3-6-10/h1-9,18H,(H,19,20). The van der Waals surface area contributed by atoms with Crippen LogP contribution in [0.3, 0.4) is 0 Å². The Labute approximate surface area is 125 Å². The Bertz CT molecular complexity index is 796. The molecule has 0 unspecified atom stereocenters. The van der Waals surface area contributed by atoms with E-state index in [4.69, 9.17) is 0 Å². The number of nitrogens with zero attached hydrogens (tertiary/aromatic N) is 1. The number of carboxylic acid groups (broad SMARTS) is 1. The molecule has 0 spiro atoms. The van der Waals surface area contributed by atoms with E-state index >= 15 is 0 Å². The highest BCUT2D eigenvalue weighted by molar-refractivity contribution is 7.18. The average molecular weight is 297 g/mol. The molecule has 0 atom stereocenters. The molecule has 2 N–H and O–H groups in total. The highest BCUT2D eigenvalue weighted by Gasteiger charge is 2.19. The summed E-state index contributed by atoms with van der Waals surface area (Å²) >= 11 is 1.30. The van der Waals surface area contributed by atoms with Gasteiger partial charge in [0.1, 0.15) is 10.8 Å². The Morgan fingerprint density at radius 3 is 2.38 bits per heavy atom. The zero-order chi connectivity index (χ0) is 14.8. The summed E-state index contributed by atoms with van der Waals surface area (Å²) in [5.74, 6) is -0.933. The van der Waals surface area contributed by atoms with E-state index in [2.05, 4.69) is 4.98 Å². The first-order chi connectivity index (χ1) is 10.1. The van der Waals surface area contributed by atoms with Crippen molar-refractivity contribution in [3.05, 3.63) is 60.3 Å². The molecule has 0 aliphatic carbocycles. The maximum absolute atomic E-state index is 11.4. The second-order valence-corrected chi connectivity index (χ2v) is 5.42. The molecule has 3 rings (SSSR count). The van der Waals surface area contributed by atoms with Crippen LogP contribution in [0.5, 0.6) is 5.75 Å². The third-order valence-electron chi connectivity index (χ3n) is 2.96. The minimum absolute atomic E-state index is 0.0320. The van der Waals surface area contributed by atoms with E-state index in [1.54, 1.807) is 24.3 Å². The quantitative estimate of drug-likeness (QED) is 0.769. The smallest absolute Gasteiger partial charge is 0.356 e. The molecule has 0 aliphatic heterocycles. The molecule has 0 aliphatic rings. The van der Waals surface area contributed by atoms with E-state index in [0.29, 0.717) is 15.4 Å². The molecule has 3 aromatic rings. The van der Waals surface area contributed by atoms with E-state index in [1.807, 2.05) is 30.3 Å². The van der Waals surface area contributed by atoms with E-state index in [0.717, 1.165) is 5.56 Å². The number of rotatable bonds is 3. The normalized spacial score (nSPS) is 10.5. The van der Waals surface area contributed by atoms with Gasteiger partial charge in [0.2, 0.25) is 0 Å². The molecule has 0 radical (unpaired) electrons. The van der Waals surface area contributed by atoms with Crippen LogP contribution in [0.25, 0.3) is 21.0 Å². The zero-order valence-electron chi connectivity index (χ0n) is 10.9. The second kappa shape index (κ2) is 5.38. The maximum atomic E-state index is 11.4. The molecule has 5 heteroatoms. The number of carboxylic acids is 1. The van der Waals surface area contributed by atoms with Crippen LogP contribution in [0.1, 0.15) is 10.5 Å². The van der Waals surface area contributed by atoms with E-state index in [9.17, 15) is 15.0 Å². The number of phenolic OH excluding ortho intramolecular Hbond substituents is 1. The molecule has 1 aromatic heterocycles. The number of phenols is 1. The number of benzene rings is 2. The largest absolute Gasteiger partial charge is 0.508 e. The molecule has 0 bridgehead atoms. The lowest BCUT2D eigenvalue weighted by Gasteiger charge is -1.97. The fourth-order valence-corrected chi connectivity index (χ4v) is 3.07. The molecular formula is C16H11NO3S. The van der Waals surface area contributed by atoms with Crippen LogP contribution in [-0.2, 0) is 0 Å². The van der Waals surface area contributed by atoms with Crippen molar-refractivity contribution in [2.45, 2.75) is 0 Å². The summed E-state index contributed by atoms with van der Waals surface area (Å²) in [6.45, 7) is 0. The van der Waals surface area contributed by atoms with Crippen LogP contribution in [0.4, 0.5) is 0 Å². The predicted molar refractivity (Wildman–Crippen MR) is 81.6 cm³/mol. The lowest BCUT2D eigenvalue weighted by atomic mass is 10.1. The van der Waals surface area contributed by atoms with Gasteiger partial charge in [-0.25, -0.2) is 9.78 Å². The fraction of sp³-hybridized carbons (Fsp3) is 0. The lowest BCUT2D eigenvalue weighted by Crippen LogP contribution is -1.98. The highest BCUT2D eigenvalue weighted by Crippen LogP contribution is 2.36. The van der Waals surface area contributed by atoms with Crippen LogP contribution < -0.4 is 0 Å². The van der Waals surface area contributed by atoms with Crippen molar-refractivity contribution < 1.29 is 15.0 Å². The molecule has 0 saturated heterocycles. The van der Waals surface area contributed by atoms with E-state index in [1.165, 1.54) is 11.3 Å². The Kier molecular flexibility index (Phi) is 3.41. The Morgan fingerprint density at radius 1 is 1.00 bits per heavy atom. The van der Waals surface area contributed by atoms with Crippen molar-refractivity contribution in [3.8, 4) is 26.8 Å². The maximum Gasteiger partial charge on any atom is 0.356 e. The number of hydrogen-bond acceptors (Lipinski definition) is 4. The topological polar surface area (TPSA) is 70.4 Å². The first kappa shape index (κ1) is 13.3. The molecule has 0 amide bonds. The number of aromatic hydroxyl groups is 1. The number of thiazole rings is 1. The van der Waals surface area contributed by atoms with Crippen molar-refractivity contribution in [1.82, 2.24) is 4.98 Å². The fourth-order valence-electron chi connectivity index (χ4n) is 2.01. The number of aromatic carboxylic acids is 1. The summed E-state index contributed by atoms with van der Waals surface area (Å²) in [6, 6.07) is 15.9. The number of hydrogen-bond donors (Lipinski definition) is 2. The molecule has 0 saturated carbocycles. The van der Waals surface area contributed by atoms with E-state index in [-0.39, 0.29) is 11.4 Å². The van der Waals surface area contributed by atoms with Crippen LogP contribution >= 0.6 is 11.3 Å². The third-order valence-corrected chi connectivity index (χ3v) is 4.11. The van der Waals surface area contributed by atoms with Gasteiger partial charge in [-0.05, 0) is 17.7 Å². The molecule has 1 heterocycles. The first-order valence-electron chi connectivity index (χ1n) is 6.24. The molecule has 2 aromatic carbocycles. The van der Waals surface area contributed by atoms with Crippen LogP contribution in [0.15, 0.2) is 54.6 Å². The summed E-state index contributed by atoms with van der Waals surface area (Å²) < 4.78 is 0. The third kappa shape index (κ3) is 2.64.